The molecule has 0 radical (unpaired) electrons. The number of carbonyl (C=O) groups excluding carboxylic acids is 4. The van der Waals surface area contributed by atoms with Crippen LogP contribution < -0.4 is 27.4 Å². The number of nitrogens with two attached hydrogens (primary N) is 2. The van der Waals surface area contributed by atoms with Gasteiger partial charge in [-0.05, 0) is 41.0 Å². The second-order valence-electron chi connectivity index (χ2n) is 11.1. The molecule has 3 amide bonds. The van der Waals surface area contributed by atoms with Gasteiger partial charge in [-0.15, -0.1) is 0 Å². The second-order valence-corrected chi connectivity index (χ2v) is 13.8. The number of fused-ring (bicyclic) bond motifs is 3. The van der Waals surface area contributed by atoms with Gasteiger partial charge in [0.15, 0.2) is 5.96 Å². The molecule has 3 atom stereocenters. The Kier molecular flexibility index (Phi) is 14.0. The summed E-state index contributed by atoms with van der Waals surface area (Å²) in [5.74, 6) is -2.73. The zero-order valence-electron chi connectivity index (χ0n) is 26.3. The van der Waals surface area contributed by atoms with E-state index in [4.69, 9.17) is 20.8 Å². The minimum absolute atomic E-state index is 0.0564. The Bertz CT molecular complexity index is 1520. The molecule has 0 aliphatic heterocycles. The van der Waals surface area contributed by atoms with Crippen molar-refractivity contribution in [2.75, 3.05) is 31.2 Å². The van der Waals surface area contributed by atoms with Crippen LogP contribution in [0.2, 0.25) is 0 Å². The van der Waals surface area contributed by atoms with Gasteiger partial charge in [0.05, 0.1) is 12.3 Å². The van der Waals surface area contributed by atoms with E-state index in [9.17, 15) is 27.6 Å². The fourth-order valence-electron chi connectivity index (χ4n) is 5.10. The van der Waals surface area contributed by atoms with Gasteiger partial charge in [0.2, 0.25) is 16.9 Å². The fraction of sp³-hybridized carbons (Fsp3) is 0.452. The number of aliphatic imine (C=N–C) groups is 1. The first-order valence-corrected chi connectivity index (χ1v) is 17.8. The van der Waals surface area contributed by atoms with Crippen molar-refractivity contribution in [1.29, 1.82) is 0 Å². The molecule has 0 spiro atoms. The van der Waals surface area contributed by atoms with E-state index in [1.807, 2.05) is 55.5 Å². The highest BCUT2D eigenvalue weighted by Gasteiger charge is 2.32. The maximum atomic E-state index is 13.5. The van der Waals surface area contributed by atoms with Gasteiger partial charge in [-0.25, -0.2) is 4.79 Å². The highest BCUT2D eigenvalue weighted by Crippen LogP contribution is 2.44. The summed E-state index contributed by atoms with van der Waals surface area (Å²) in [6.45, 7) is 3.43. The zero-order valence-corrected chi connectivity index (χ0v) is 27.9. The Morgan fingerprint density at radius 3 is 2.19 bits per heavy atom. The highest BCUT2D eigenvalue weighted by atomic mass is 32.2. The van der Waals surface area contributed by atoms with Gasteiger partial charge in [0.25, 0.3) is 10.1 Å². The van der Waals surface area contributed by atoms with Gasteiger partial charge in [-0.1, -0.05) is 80.6 Å². The van der Waals surface area contributed by atoms with E-state index in [1.165, 1.54) is 0 Å². The molecule has 14 nitrogen and oxygen atoms in total. The first-order chi connectivity index (χ1) is 22.3. The average molecular weight is 691 g/mol. The van der Waals surface area contributed by atoms with Crippen LogP contribution in [0.15, 0.2) is 53.5 Å². The summed E-state index contributed by atoms with van der Waals surface area (Å²) in [4.78, 5) is 55.7. The van der Waals surface area contributed by atoms with E-state index in [2.05, 4.69) is 20.9 Å². The third-order valence-corrected chi connectivity index (χ3v) is 9.56. The number of ether oxygens (including phenoxy) is 1. The lowest BCUT2D eigenvalue weighted by Gasteiger charge is -2.26. The number of nitrogens with one attached hydrogen (secondary N) is 3. The maximum absolute atomic E-state index is 13.5. The van der Waals surface area contributed by atoms with Crippen molar-refractivity contribution >= 4 is 50.9 Å². The average Bonchev–Trinajstić information content (AvgIpc) is 3.35. The van der Waals surface area contributed by atoms with E-state index in [0.29, 0.717) is 24.6 Å². The topological polar surface area (TPSA) is 232 Å². The Labute approximate surface area is 278 Å². The summed E-state index contributed by atoms with van der Waals surface area (Å²) >= 11 is 0.633. The van der Waals surface area contributed by atoms with Crippen LogP contribution in [0.5, 0.6) is 0 Å². The van der Waals surface area contributed by atoms with Crippen LogP contribution in [0, 0.1) is 5.92 Å². The van der Waals surface area contributed by atoms with Crippen molar-refractivity contribution < 1.29 is 36.9 Å². The molecule has 0 aromatic heterocycles. The number of rotatable bonds is 17. The zero-order chi connectivity index (χ0) is 34.6. The SMILES string of the molecule is CC[C@H](C)[C@H](NC(=O)OCC1c2ccccc2-c2ccccc21)C(=O)N[C@@H](CCCN=C(N)N)C(=O)NCC(=O)SCCS(=O)(=O)O. The molecule has 0 fully saturated rings. The molecule has 47 heavy (non-hydrogen) atoms. The summed E-state index contributed by atoms with van der Waals surface area (Å²) < 4.78 is 36.2. The molecule has 2 aromatic carbocycles. The Morgan fingerprint density at radius 1 is 1.00 bits per heavy atom. The third kappa shape index (κ3) is 11.6. The molecule has 256 valence electrons. The quantitative estimate of drug-likeness (QED) is 0.0606. The summed E-state index contributed by atoms with van der Waals surface area (Å²) in [5.41, 5.74) is 15.0. The molecule has 1 aliphatic rings. The Balaban J connectivity index is 1.64. The molecule has 2 aromatic rings. The fourth-order valence-corrected chi connectivity index (χ4v) is 6.67. The largest absolute Gasteiger partial charge is 0.449 e. The van der Waals surface area contributed by atoms with Crippen LogP contribution in [0.4, 0.5) is 4.79 Å². The van der Waals surface area contributed by atoms with E-state index < -0.39 is 57.5 Å². The van der Waals surface area contributed by atoms with E-state index in [-0.39, 0.29) is 43.1 Å². The van der Waals surface area contributed by atoms with Crippen molar-refractivity contribution in [3.63, 3.8) is 0 Å². The molecule has 16 heteroatoms. The standard InChI is InChI=1S/C31H42N6O8S2/c1-3-19(2)27(37-31(41)45-18-24-22-11-6-4-9-20(22)21-10-5-7-12-23(21)24)29(40)36-25(13-8-14-34-30(32)33)28(39)35-17-26(38)46-15-16-47(42,43)44/h4-7,9-12,19,24-25,27H,3,8,13-18H2,1-2H3,(H,35,39)(H,36,40)(H,37,41)(H4,32,33,34)(H,42,43,44)/t19-,25-,27-/m0/s1. The summed E-state index contributed by atoms with van der Waals surface area (Å²) in [5, 5.41) is 7.24. The smallest absolute Gasteiger partial charge is 0.407 e. The number of hydrogen-bond donors (Lipinski definition) is 6. The van der Waals surface area contributed by atoms with Crippen molar-refractivity contribution in [3.05, 3.63) is 59.7 Å². The number of hydrogen-bond acceptors (Lipinski definition) is 9. The maximum Gasteiger partial charge on any atom is 0.407 e. The molecule has 0 unspecified atom stereocenters. The molecular weight excluding hydrogens is 649 g/mol. The Hall–Kier alpha value is -4.15. The van der Waals surface area contributed by atoms with Crippen LogP contribution >= 0.6 is 11.8 Å². The number of nitrogens with zero attached hydrogens (tertiary/aromatic N) is 1. The van der Waals surface area contributed by atoms with E-state index >= 15 is 0 Å². The van der Waals surface area contributed by atoms with Crippen LogP contribution in [-0.2, 0) is 29.2 Å². The monoisotopic (exact) mass is 690 g/mol. The normalized spacial score (nSPS) is 14.1. The number of benzene rings is 2. The number of alkyl carbamates (subject to hydrolysis) is 1. The molecule has 8 N–H and O–H groups in total. The third-order valence-electron chi connectivity index (χ3n) is 7.70. The number of guanidine groups is 1. The van der Waals surface area contributed by atoms with Gasteiger partial charge in [0.1, 0.15) is 18.7 Å². The molecule has 0 bridgehead atoms. The van der Waals surface area contributed by atoms with Crippen molar-refractivity contribution in [3.8, 4) is 11.1 Å². The number of carbonyl (C=O) groups is 4. The molecule has 3 rings (SSSR count). The molecule has 0 saturated carbocycles. The number of amides is 3. The van der Waals surface area contributed by atoms with Crippen molar-refractivity contribution in [1.82, 2.24) is 16.0 Å². The first-order valence-electron chi connectivity index (χ1n) is 15.2. The van der Waals surface area contributed by atoms with Gasteiger partial charge in [-0.2, -0.15) is 8.42 Å². The molecule has 0 saturated heterocycles. The molecule has 1 aliphatic carbocycles. The van der Waals surface area contributed by atoms with Gasteiger partial charge >= 0.3 is 6.09 Å². The minimum Gasteiger partial charge on any atom is -0.449 e. The summed E-state index contributed by atoms with van der Waals surface area (Å²) in [6.07, 6.45) is 0.157. The van der Waals surface area contributed by atoms with Crippen molar-refractivity contribution in [2.24, 2.45) is 22.4 Å². The predicted molar refractivity (Wildman–Crippen MR) is 180 cm³/mol. The van der Waals surface area contributed by atoms with Gasteiger partial charge in [0, 0.05) is 18.2 Å². The minimum atomic E-state index is -4.23. The van der Waals surface area contributed by atoms with Crippen LogP contribution in [0.25, 0.3) is 11.1 Å². The second kappa shape index (κ2) is 17.7. The Morgan fingerprint density at radius 2 is 1.62 bits per heavy atom. The lowest BCUT2D eigenvalue weighted by Crippen LogP contribution is -2.56. The number of thioether (sulfide) groups is 1. The highest BCUT2D eigenvalue weighted by molar-refractivity contribution is 8.14. The van der Waals surface area contributed by atoms with Crippen molar-refractivity contribution in [2.45, 2.75) is 51.1 Å². The molecular formula is C31H42N6O8S2. The van der Waals surface area contributed by atoms with Gasteiger partial charge in [-0.3, -0.25) is 23.9 Å². The van der Waals surface area contributed by atoms with Crippen LogP contribution in [-0.4, -0.2) is 85.2 Å². The van der Waals surface area contributed by atoms with Crippen LogP contribution in [0.1, 0.15) is 50.2 Å². The molecule has 0 heterocycles. The predicted octanol–water partition coefficient (Wildman–Crippen LogP) is 1.74. The lowest BCUT2D eigenvalue weighted by molar-refractivity contribution is -0.131. The van der Waals surface area contributed by atoms with Gasteiger partial charge < -0.3 is 32.2 Å². The van der Waals surface area contributed by atoms with Crippen LogP contribution in [0.3, 0.4) is 0 Å². The summed E-state index contributed by atoms with van der Waals surface area (Å²) in [6, 6.07) is 13.7. The van der Waals surface area contributed by atoms with E-state index in [0.717, 1.165) is 22.3 Å². The first kappa shape index (κ1) is 37.3. The van der Waals surface area contributed by atoms with E-state index in [1.54, 1.807) is 6.92 Å². The summed E-state index contributed by atoms with van der Waals surface area (Å²) in [7, 11) is -4.23. The lowest BCUT2D eigenvalue weighted by atomic mass is 9.97.